The first kappa shape index (κ1) is 23.6. The molecule has 3 aromatic carbocycles. The van der Waals surface area contributed by atoms with Gasteiger partial charge in [0.05, 0.1) is 15.8 Å². The van der Waals surface area contributed by atoms with Crippen LogP contribution >= 0.6 is 35.6 Å². The first-order chi connectivity index (χ1) is 15.3. The fourth-order valence-corrected chi connectivity index (χ4v) is 4.09. The van der Waals surface area contributed by atoms with Crippen LogP contribution in [0.15, 0.2) is 77.7 Å². The van der Waals surface area contributed by atoms with Crippen molar-refractivity contribution in [2.24, 2.45) is 0 Å². The molecule has 1 amide bonds. The van der Waals surface area contributed by atoms with Gasteiger partial charge in [0.15, 0.2) is 5.11 Å². The van der Waals surface area contributed by atoms with Gasteiger partial charge in [0.2, 0.25) is 5.91 Å². The van der Waals surface area contributed by atoms with Crippen molar-refractivity contribution in [2.45, 2.75) is 17.1 Å². The summed E-state index contributed by atoms with van der Waals surface area (Å²) in [7, 11) is 0. The Kier molecular flexibility index (Phi) is 8.10. The Hall–Kier alpha value is -3.07. The van der Waals surface area contributed by atoms with E-state index in [1.54, 1.807) is 13.0 Å². The number of carbonyl (C=O) groups excluding carboxylic acids is 1. The number of nitrogens with one attached hydrogen (secondary N) is 3. The minimum absolute atomic E-state index is 0.0661. The predicted octanol–water partition coefficient (Wildman–Crippen LogP) is 5.97. The van der Waals surface area contributed by atoms with Crippen molar-refractivity contribution in [3.63, 3.8) is 0 Å². The summed E-state index contributed by atoms with van der Waals surface area (Å²) in [5, 5.41) is 18.3. The topological polar surface area (TPSA) is 90.5 Å². The van der Waals surface area contributed by atoms with Crippen molar-refractivity contribution >= 4 is 69.6 Å². The molecule has 4 N–H and O–H groups in total. The molecule has 0 aliphatic carbocycles. The zero-order valence-electron chi connectivity index (χ0n) is 17.0. The summed E-state index contributed by atoms with van der Waals surface area (Å²) in [6.07, 6.45) is 0. The molecule has 164 valence electrons. The number of halogens is 1. The number of carbonyl (C=O) groups is 2. The molecule has 0 aromatic heterocycles. The SMILES string of the molecule is CC(Sc1cccc(NC(=S)Nc2ccccc2)c1)C(=O)Nc1ccc(Cl)c(C(=O)O)c1. The van der Waals surface area contributed by atoms with Crippen LogP contribution in [0.4, 0.5) is 17.1 Å². The maximum Gasteiger partial charge on any atom is 0.337 e. The van der Waals surface area contributed by atoms with Crippen molar-refractivity contribution in [2.75, 3.05) is 16.0 Å². The van der Waals surface area contributed by atoms with Gasteiger partial charge in [0, 0.05) is 22.0 Å². The first-order valence-corrected chi connectivity index (χ1v) is 11.2. The summed E-state index contributed by atoms with van der Waals surface area (Å²) < 4.78 is 0. The van der Waals surface area contributed by atoms with Crippen LogP contribution < -0.4 is 16.0 Å². The summed E-state index contributed by atoms with van der Waals surface area (Å²) >= 11 is 12.6. The molecule has 3 rings (SSSR count). The number of rotatable bonds is 7. The highest BCUT2D eigenvalue weighted by atomic mass is 35.5. The third-order valence-corrected chi connectivity index (χ3v) is 5.90. The van der Waals surface area contributed by atoms with Gasteiger partial charge >= 0.3 is 5.97 Å². The van der Waals surface area contributed by atoms with E-state index in [4.69, 9.17) is 23.8 Å². The van der Waals surface area contributed by atoms with Crippen molar-refractivity contribution in [3.8, 4) is 0 Å². The molecule has 1 unspecified atom stereocenters. The zero-order chi connectivity index (χ0) is 23.1. The average molecular weight is 486 g/mol. The van der Waals surface area contributed by atoms with Crippen LogP contribution in [-0.2, 0) is 4.79 Å². The monoisotopic (exact) mass is 485 g/mol. The number of hydrogen-bond acceptors (Lipinski definition) is 4. The van der Waals surface area contributed by atoms with Crippen LogP contribution in [0.1, 0.15) is 17.3 Å². The minimum Gasteiger partial charge on any atom is -0.478 e. The lowest BCUT2D eigenvalue weighted by Crippen LogP contribution is -2.22. The van der Waals surface area contributed by atoms with E-state index in [9.17, 15) is 14.7 Å². The van der Waals surface area contributed by atoms with E-state index >= 15 is 0 Å². The van der Waals surface area contributed by atoms with Gasteiger partial charge in [-0.1, -0.05) is 35.9 Å². The maximum atomic E-state index is 12.6. The molecule has 0 saturated heterocycles. The average Bonchev–Trinajstić information content (AvgIpc) is 2.75. The molecule has 0 aliphatic heterocycles. The molecule has 6 nitrogen and oxygen atoms in total. The predicted molar refractivity (Wildman–Crippen MR) is 135 cm³/mol. The molecule has 1 atom stereocenters. The lowest BCUT2D eigenvalue weighted by atomic mass is 10.2. The maximum absolute atomic E-state index is 12.6. The lowest BCUT2D eigenvalue weighted by molar-refractivity contribution is -0.115. The van der Waals surface area contributed by atoms with Gasteiger partial charge < -0.3 is 21.1 Å². The second kappa shape index (κ2) is 11.0. The highest BCUT2D eigenvalue weighted by Gasteiger charge is 2.17. The van der Waals surface area contributed by atoms with Crippen LogP contribution in [0.3, 0.4) is 0 Å². The summed E-state index contributed by atoms with van der Waals surface area (Å²) in [4.78, 5) is 24.7. The van der Waals surface area contributed by atoms with Crippen molar-refractivity contribution in [3.05, 3.63) is 83.4 Å². The third kappa shape index (κ3) is 6.71. The standard InChI is InChI=1S/C23H20ClN3O3S2/c1-14(21(28)25-17-10-11-20(24)19(13-17)22(29)30)32-18-9-5-8-16(12-18)27-23(31)26-15-6-3-2-4-7-15/h2-14H,1H3,(H,25,28)(H,29,30)(H2,26,27,31). The molecule has 0 saturated carbocycles. The molecule has 0 heterocycles. The smallest absolute Gasteiger partial charge is 0.337 e. The Labute approximate surface area is 200 Å². The highest BCUT2D eigenvalue weighted by molar-refractivity contribution is 8.00. The number of thioether (sulfide) groups is 1. The van der Waals surface area contributed by atoms with Crippen LogP contribution in [0, 0.1) is 0 Å². The number of benzene rings is 3. The summed E-state index contributed by atoms with van der Waals surface area (Å²) in [5.41, 5.74) is 1.98. The van der Waals surface area contributed by atoms with Gasteiger partial charge in [0.25, 0.3) is 0 Å². The Bertz CT molecular complexity index is 1140. The summed E-state index contributed by atoms with van der Waals surface area (Å²) in [5.74, 6) is -1.41. The van der Waals surface area contributed by atoms with E-state index < -0.39 is 11.2 Å². The van der Waals surface area contributed by atoms with Gasteiger partial charge in [-0.05, 0) is 67.7 Å². The van der Waals surface area contributed by atoms with Crippen molar-refractivity contribution < 1.29 is 14.7 Å². The number of amides is 1. The molecule has 0 fully saturated rings. The highest BCUT2D eigenvalue weighted by Crippen LogP contribution is 2.27. The summed E-state index contributed by atoms with van der Waals surface area (Å²) in [6, 6.07) is 21.5. The Morgan fingerprint density at radius 2 is 1.56 bits per heavy atom. The fourth-order valence-electron chi connectivity index (χ4n) is 2.73. The minimum atomic E-state index is -1.16. The fraction of sp³-hybridized carbons (Fsp3) is 0.0870. The Morgan fingerprint density at radius 3 is 2.28 bits per heavy atom. The van der Waals surface area contributed by atoms with Gasteiger partial charge in [-0.25, -0.2) is 4.79 Å². The molecule has 0 spiro atoms. The quantitative estimate of drug-likeness (QED) is 0.242. The van der Waals surface area contributed by atoms with Gasteiger partial charge in [-0.2, -0.15) is 0 Å². The second-order valence-electron chi connectivity index (χ2n) is 6.72. The van der Waals surface area contributed by atoms with Gasteiger partial charge in [-0.15, -0.1) is 11.8 Å². The Morgan fingerprint density at radius 1 is 0.906 bits per heavy atom. The van der Waals surface area contributed by atoms with Crippen LogP contribution in [0.5, 0.6) is 0 Å². The molecule has 32 heavy (non-hydrogen) atoms. The molecular weight excluding hydrogens is 466 g/mol. The number of aromatic carboxylic acids is 1. The molecule has 0 radical (unpaired) electrons. The van der Waals surface area contributed by atoms with Gasteiger partial charge in [-0.3, -0.25) is 4.79 Å². The van der Waals surface area contributed by atoms with E-state index in [0.29, 0.717) is 10.8 Å². The largest absolute Gasteiger partial charge is 0.478 e. The third-order valence-electron chi connectivity index (χ3n) is 4.27. The number of thiocarbonyl (C=S) groups is 1. The molecule has 0 aliphatic rings. The number of para-hydroxylation sites is 1. The number of carboxylic acid groups (broad SMARTS) is 1. The van der Waals surface area contributed by atoms with E-state index in [0.717, 1.165) is 16.3 Å². The zero-order valence-corrected chi connectivity index (χ0v) is 19.4. The van der Waals surface area contributed by atoms with Crippen LogP contribution in [0.25, 0.3) is 0 Å². The van der Waals surface area contributed by atoms with Gasteiger partial charge in [0.1, 0.15) is 0 Å². The van der Waals surface area contributed by atoms with Crippen LogP contribution in [-0.4, -0.2) is 27.3 Å². The lowest BCUT2D eigenvalue weighted by Gasteiger charge is -2.14. The number of carboxylic acids is 1. The Balaban J connectivity index is 1.59. The second-order valence-corrected chi connectivity index (χ2v) is 8.95. The summed E-state index contributed by atoms with van der Waals surface area (Å²) in [6.45, 7) is 1.77. The molecule has 0 bridgehead atoms. The molecule has 9 heteroatoms. The van der Waals surface area contributed by atoms with E-state index in [1.165, 1.54) is 23.9 Å². The van der Waals surface area contributed by atoms with E-state index in [2.05, 4.69) is 16.0 Å². The normalized spacial score (nSPS) is 11.3. The van der Waals surface area contributed by atoms with E-state index in [-0.39, 0.29) is 16.5 Å². The van der Waals surface area contributed by atoms with Crippen molar-refractivity contribution in [1.29, 1.82) is 0 Å². The first-order valence-electron chi connectivity index (χ1n) is 9.55. The number of anilines is 3. The molecule has 3 aromatic rings. The van der Waals surface area contributed by atoms with E-state index in [1.807, 2.05) is 54.6 Å². The molecular formula is C23H20ClN3O3S2. The van der Waals surface area contributed by atoms with Crippen LogP contribution in [0.2, 0.25) is 5.02 Å². The number of hydrogen-bond donors (Lipinski definition) is 4. The van der Waals surface area contributed by atoms with Crippen molar-refractivity contribution in [1.82, 2.24) is 0 Å².